The van der Waals surface area contributed by atoms with Crippen LogP contribution in [0.4, 0.5) is 5.69 Å². The van der Waals surface area contributed by atoms with Crippen molar-refractivity contribution in [1.29, 1.82) is 0 Å². The summed E-state index contributed by atoms with van der Waals surface area (Å²) < 4.78 is 0. The van der Waals surface area contributed by atoms with Crippen LogP contribution in [-0.2, 0) is 4.79 Å². The number of benzene rings is 1. The molecular weight excluding hydrogens is 319 g/mol. The molecule has 0 unspecified atom stereocenters. The lowest BCUT2D eigenvalue weighted by atomic mass is 9.78. The average molecular weight is 343 g/mol. The molecule has 0 radical (unpaired) electrons. The first kappa shape index (κ1) is 17.6. The third kappa shape index (κ3) is 4.37. The third-order valence-corrected chi connectivity index (χ3v) is 5.30. The zero-order chi connectivity index (χ0) is 16.3. The minimum absolute atomic E-state index is 0.0744. The van der Waals surface area contributed by atoms with E-state index in [0.717, 1.165) is 6.42 Å². The number of rotatable bonds is 4. The van der Waals surface area contributed by atoms with Gasteiger partial charge in [0.25, 0.3) is 0 Å². The summed E-state index contributed by atoms with van der Waals surface area (Å²) in [5.41, 5.74) is 0.592. The van der Waals surface area contributed by atoms with Gasteiger partial charge in [-0.05, 0) is 43.4 Å². The molecule has 0 saturated heterocycles. The first-order chi connectivity index (χ1) is 10.4. The first-order valence-electron chi connectivity index (χ1n) is 7.90. The number of amides is 1. The van der Waals surface area contributed by atoms with Crippen LogP contribution in [0.2, 0.25) is 10.0 Å². The molecule has 0 aliphatic heterocycles. The molecule has 4 atom stereocenters. The number of anilines is 1. The molecule has 2 N–H and O–H groups in total. The summed E-state index contributed by atoms with van der Waals surface area (Å²) >= 11 is 12.0. The molecule has 1 amide bonds. The smallest absolute Gasteiger partial charge is 0.241 e. The van der Waals surface area contributed by atoms with Crippen molar-refractivity contribution in [1.82, 2.24) is 5.32 Å². The van der Waals surface area contributed by atoms with Crippen molar-refractivity contribution in [3.8, 4) is 0 Å². The largest absolute Gasteiger partial charge is 0.323 e. The standard InChI is InChI=1S/C17H24Cl2N2O/c1-10-5-4-6-15(11(10)2)20-12(3)17(22)21-16-8-7-13(18)9-14(16)19/h7-12,15,20H,4-6H2,1-3H3,(H,21,22)/t10-,11-,12+,15-/m1/s1. The summed E-state index contributed by atoms with van der Waals surface area (Å²) in [4.78, 5) is 12.3. The Balaban J connectivity index is 1.94. The first-order valence-corrected chi connectivity index (χ1v) is 8.66. The second kappa shape index (κ2) is 7.67. The molecule has 3 nitrogen and oxygen atoms in total. The lowest BCUT2D eigenvalue weighted by Crippen LogP contribution is -2.49. The molecule has 1 aliphatic rings. The third-order valence-electron chi connectivity index (χ3n) is 4.75. The highest BCUT2D eigenvalue weighted by molar-refractivity contribution is 6.36. The van der Waals surface area contributed by atoms with Crippen LogP contribution >= 0.6 is 23.2 Å². The van der Waals surface area contributed by atoms with Gasteiger partial charge >= 0.3 is 0 Å². The molecule has 22 heavy (non-hydrogen) atoms. The molecule has 2 rings (SSSR count). The van der Waals surface area contributed by atoms with Gasteiger partial charge in [0, 0.05) is 11.1 Å². The maximum Gasteiger partial charge on any atom is 0.241 e. The Kier molecular flexibility index (Phi) is 6.13. The van der Waals surface area contributed by atoms with Crippen LogP contribution in [0.5, 0.6) is 0 Å². The van der Waals surface area contributed by atoms with Crippen molar-refractivity contribution in [2.45, 2.75) is 52.1 Å². The van der Waals surface area contributed by atoms with E-state index in [1.165, 1.54) is 12.8 Å². The molecule has 0 heterocycles. The quantitative estimate of drug-likeness (QED) is 0.829. The van der Waals surface area contributed by atoms with Crippen LogP contribution in [0.1, 0.15) is 40.0 Å². The van der Waals surface area contributed by atoms with Gasteiger partial charge in [0.05, 0.1) is 16.8 Å². The maximum absolute atomic E-state index is 12.3. The lowest BCUT2D eigenvalue weighted by Gasteiger charge is -2.36. The lowest BCUT2D eigenvalue weighted by molar-refractivity contribution is -0.118. The fourth-order valence-electron chi connectivity index (χ4n) is 3.05. The van der Waals surface area contributed by atoms with Crippen molar-refractivity contribution in [2.75, 3.05) is 5.32 Å². The van der Waals surface area contributed by atoms with Gasteiger partial charge in [-0.1, -0.05) is 49.9 Å². The molecule has 1 saturated carbocycles. The molecule has 0 bridgehead atoms. The van der Waals surface area contributed by atoms with Crippen LogP contribution in [-0.4, -0.2) is 18.0 Å². The molecule has 0 aromatic heterocycles. The molecule has 1 aromatic rings. The molecule has 0 spiro atoms. The van der Waals surface area contributed by atoms with E-state index in [0.29, 0.717) is 33.6 Å². The van der Waals surface area contributed by atoms with Gasteiger partial charge in [0.1, 0.15) is 0 Å². The van der Waals surface area contributed by atoms with Crippen LogP contribution < -0.4 is 10.6 Å². The molecule has 5 heteroatoms. The second-order valence-corrected chi connectivity index (χ2v) is 7.22. The van der Waals surface area contributed by atoms with E-state index in [1.54, 1.807) is 18.2 Å². The van der Waals surface area contributed by atoms with Crippen molar-refractivity contribution in [3.05, 3.63) is 28.2 Å². The summed E-state index contributed by atoms with van der Waals surface area (Å²) in [6.07, 6.45) is 3.63. The summed E-state index contributed by atoms with van der Waals surface area (Å²) in [5, 5.41) is 7.34. The molecular formula is C17H24Cl2N2O. The monoisotopic (exact) mass is 342 g/mol. The molecule has 1 aliphatic carbocycles. The van der Waals surface area contributed by atoms with Crippen LogP contribution in [0, 0.1) is 11.8 Å². The van der Waals surface area contributed by atoms with Gasteiger partial charge in [-0.25, -0.2) is 0 Å². The molecule has 1 aromatic carbocycles. The van der Waals surface area contributed by atoms with Crippen molar-refractivity contribution in [2.24, 2.45) is 11.8 Å². The van der Waals surface area contributed by atoms with Gasteiger partial charge < -0.3 is 10.6 Å². The number of hydrogen-bond donors (Lipinski definition) is 2. The Morgan fingerprint density at radius 3 is 2.68 bits per heavy atom. The van der Waals surface area contributed by atoms with Gasteiger partial charge in [0.15, 0.2) is 0 Å². The fraction of sp³-hybridized carbons (Fsp3) is 0.588. The van der Waals surface area contributed by atoms with Crippen LogP contribution in [0.15, 0.2) is 18.2 Å². The summed E-state index contributed by atoms with van der Waals surface area (Å²) in [6.45, 7) is 6.45. The summed E-state index contributed by atoms with van der Waals surface area (Å²) in [5.74, 6) is 1.21. The van der Waals surface area contributed by atoms with Crippen molar-refractivity contribution < 1.29 is 4.79 Å². The van der Waals surface area contributed by atoms with Gasteiger partial charge in [-0.15, -0.1) is 0 Å². The van der Waals surface area contributed by atoms with E-state index in [-0.39, 0.29) is 11.9 Å². The molecule has 122 valence electrons. The predicted octanol–water partition coefficient (Wildman–Crippen LogP) is 4.73. The minimum Gasteiger partial charge on any atom is -0.323 e. The highest BCUT2D eigenvalue weighted by atomic mass is 35.5. The number of nitrogens with one attached hydrogen (secondary N) is 2. The number of carbonyl (C=O) groups excluding carboxylic acids is 1. The fourth-order valence-corrected chi connectivity index (χ4v) is 3.50. The zero-order valence-electron chi connectivity index (χ0n) is 13.3. The Hall–Kier alpha value is -0.770. The van der Waals surface area contributed by atoms with E-state index >= 15 is 0 Å². The molecule has 1 fully saturated rings. The average Bonchev–Trinajstić information content (AvgIpc) is 2.46. The second-order valence-electron chi connectivity index (χ2n) is 6.38. The van der Waals surface area contributed by atoms with E-state index in [9.17, 15) is 4.79 Å². The predicted molar refractivity (Wildman–Crippen MR) is 93.7 cm³/mol. The minimum atomic E-state index is -0.260. The van der Waals surface area contributed by atoms with Gasteiger partial charge in [-0.2, -0.15) is 0 Å². The summed E-state index contributed by atoms with van der Waals surface area (Å²) in [6, 6.07) is 5.20. The van der Waals surface area contributed by atoms with E-state index in [4.69, 9.17) is 23.2 Å². The van der Waals surface area contributed by atoms with Crippen molar-refractivity contribution in [3.63, 3.8) is 0 Å². The van der Waals surface area contributed by atoms with Crippen LogP contribution in [0.3, 0.4) is 0 Å². The van der Waals surface area contributed by atoms with Gasteiger partial charge in [0.2, 0.25) is 5.91 Å². The highest BCUT2D eigenvalue weighted by Crippen LogP contribution is 2.30. The Labute approximate surface area is 142 Å². The normalized spacial score (nSPS) is 26.5. The van der Waals surface area contributed by atoms with E-state index < -0.39 is 0 Å². The number of hydrogen-bond acceptors (Lipinski definition) is 2. The van der Waals surface area contributed by atoms with Gasteiger partial charge in [-0.3, -0.25) is 4.79 Å². The van der Waals surface area contributed by atoms with Crippen LogP contribution in [0.25, 0.3) is 0 Å². The SMILES string of the molecule is C[C@@H]1[C@H](C)CCC[C@H]1N[C@@H](C)C(=O)Nc1ccc(Cl)cc1Cl. The summed E-state index contributed by atoms with van der Waals surface area (Å²) in [7, 11) is 0. The number of halogens is 2. The Bertz CT molecular complexity index is 535. The topological polar surface area (TPSA) is 41.1 Å². The maximum atomic E-state index is 12.3. The van der Waals surface area contributed by atoms with Crippen molar-refractivity contribution >= 4 is 34.8 Å². The van der Waals surface area contributed by atoms with E-state index in [2.05, 4.69) is 24.5 Å². The van der Waals surface area contributed by atoms with E-state index in [1.807, 2.05) is 6.92 Å². The Morgan fingerprint density at radius 2 is 2.00 bits per heavy atom. The zero-order valence-corrected chi connectivity index (χ0v) is 14.8. The highest BCUT2D eigenvalue weighted by Gasteiger charge is 2.29. The Morgan fingerprint density at radius 1 is 1.27 bits per heavy atom. The number of carbonyl (C=O) groups is 1.